The Bertz CT molecular complexity index is 977. The van der Waals surface area contributed by atoms with E-state index in [1.54, 1.807) is 18.5 Å². The summed E-state index contributed by atoms with van der Waals surface area (Å²) in [7, 11) is -0.451. The molecule has 0 aliphatic heterocycles. The molecule has 0 bridgehead atoms. The van der Waals surface area contributed by atoms with Crippen molar-refractivity contribution in [3.8, 4) is 0 Å². The van der Waals surface area contributed by atoms with Gasteiger partial charge in [0.25, 0.3) is 11.8 Å². The lowest BCUT2D eigenvalue weighted by Crippen LogP contribution is -2.38. The number of nitrogens with one attached hydrogen (secondary N) is 2. The minimum Gasteiger partial charge on any atom is -0.355 e. The van der Waals surface area contributed by atoms with E-state index in [9.17, 15) is 18.0 Å². The van der Waals surface area contributed by atoms with Crippen molar-refractivity contribution < 1.29 is 18.0 Å². The molecule has 0 unspecified atom stereocenters. The number of carbonyl (C=O) groups excluding carboxylic acids is 2. The second-order valence-electron chi connectivity index (χ2n) is 7.03. The van der Waals surface area contributed by atoms with Crippen molar-refractivity contribution in [3.63, 3.8) is 0 Å². The van der Waals surface area contributed by atoms with Gasteiger partial charge in [-0.05, 0) is 48.6 Å². The zero-order valence-corrected chi connectivity index (χ0v) is 18.1. The van der Waals surface area contributed by atoms with Crippen LogP contribution in [0, 0.1) is 0 Å². The lowest BCUT2D eigenvalue weighted by atomic mass is 9.96. The van der Waals surface area contributed by atoms with E-state index in [2.05, 4.69) is 10.6 Å². The average molecular weight is 436 g/mol. The zero-order chi connectivity index (χ0) is 21.0. The maximum atomic E-state index is 12.9. The van der Waals surface area contributed by atoms with Gasteiger partial charge in [0.15, 0.2) is 0 Å². The quantitative estimate of drug-likeness (QED) is 0.728. The van der Waals surface area contributed by atoms with Crippen LogP contribution < -0.4 is 10.6 Å². The van der Waals surface area contributed by atoms with Crippen molar-refractivity contribution in [2.24, 2.45) is 0 Å². The molecule has 1 aliphatic carbocycles. The molecule has 2 amide bonds. The molecule has 1 heterocycles. The summed E-state index contributed by atoms with van der Waals surface area (Å²) >= 11 is 1.25. The van der Waals surface area contributed by atoms with Gasteiger partial charge >= 0.3 is 0 Å². The summed E-state index contributed by atoms with van der Waals surface area (Å²) in [5.41, 5.74) is 0.708. The molecule has 1 aromatic carbocycles. The third-order valence-corrected chi connectivity index (χ3v) is 8.00. The van der Waals surface area contributed by atoms with Gasteiger partial charge in [0.05, 0.1) is 10.5 Å². The molecule has 1 saturated carbocycles. The Morgan fingerprint density at radius 1 is 1.03 bits per heavy atom. The second-order valence-corrected chi connectivity index (χ2v) is 9.95. The smallest absolute Gasteiger partial charge is 0.256 e. The third-order valence-electron chi connectivity index (χ3n) is 5.25. The maximum absolute atomic E-state index is 12.9. The van der Waals surface area contributed by atoms with Gasteiger partial charge in [-0.25, -0.2) is 8.42 Å². The van der Waals surface area contributed by atoms with Gasteiger partial charge in [-0.1, -0.05) is 19.3 Å². The van der Waals surface area contributed by atoms with Gasteiger partial charge in [0.2, 0.25) is 10.0 Å². The summed E-state index contributed by atoms with van der Waals surface area (Å²) in [5, 5.41) is 7.41. The van der Waals surface area contributed by atoms with E-state index in [1.165, 1.54) is 47.0 Å². The summed E-state index contributed by atoms with van der Waals surface area (Å²) in [6.07, 6.45) is 5.00. The maximum Gasteiger partial charge on any atom is 0.256 e. The number of anilines is 1. The highest BCUT2D eigenvalue weighted by Gasteiger charge is 2.29. The average Bonchev–Trinajstić information content (AvgIpc) is 3.21. The fourth-order valence-electron chi connectivity index (χ4n) is 3.48. The van der Waals surface area contributed by atoms with Crippen LogP contribution in [-0.4, -0.2) is 44.7 Å². The molecule has 29 heavy (non-hydrogen) atoms. The number of benzene rings is 1. The van der Waals surface area contributed by atoms with Crippen molar-refractivity contribution in [1.82, 2.24) is 9.62 Å². The largest absolute Gasteiger partial charge is 0.355 e. The number of thiophene rings is 1. The Morgan fingerprint density at radius 3 is 2.31 bits per heavy atom. The Kier molecular flexibility index (Phi) is 6.71. The highest BCUT2D eigenvalue weighted by atomic mass is 32.2. The topological polar surface area (TPSA) is 95.6 Å². The third kappa shape index (κ3) is 4.68. The number of nitrogens with zero attached hydrogens (tertiary/aromatic N) is 1. The lowest BCUT2D eigenvalue weighted by molar-refractivity contribution is 0.0964. The van der Waals surface area contributed by atoms with Crippen LogP contribution in [0.25, 0.3) is 0 Å². The van der Waals surface area contributed by atoms with E-state index >= 15 is 0 Å². The number of hydrogen-bond acceptors (Lipinski definition) is 5. The molecular formula is C20H25N3O4S2. The number of amides is 2. The molecule has 156 valence electrons. The molecule has 0 spiro atoms. The van der Waals surface area contributed by atoms with Crippen LogP contribution in [0.4, 0.5) is 5.00 Å². The summed E-state index contributed by atoms with van der Waals surface area (Å²) in [4.78, 5) is 24.5. The van der Waals surface area contributed by atoms with Crippen LogP contribution in [0.5, 0.6) is 0 Å². The molecule has 2 aromatic rings. The Balaban J connectivity index is 1.73. The Morgan fingerprint density at radius 2 is 1.69 bits per heavy atom. The first-order valence-electron chi connectivity index (χ1n) is 9.53. The van der Waals surface area contributed by atoms with Crippen LogP contribution in [-0.2, 0) is 10.0 Å². The predicted octanol–water partition coefficient (Wildman–Crippen LogP) is 3.31. The summed E-state index contributed by atoms with van der Waals surface area (Å²) in [6.45, 7) is 0. The number of hydrogen-bond donors (Lipinski definition) is 2. The van der Waals surface area contributed by atoms with Crippen molar-refractivity contribution in [2.75, 3.05) is 19.4 Å². The fraction of sp³-hybridized carbons (Fsp3) is 0.400. The van der Waals surface area contributed by atoms with Crippen LogP contribution in [0.2, 0.25) is 0 Å². The second kappa shape index (κ2) is 9.06. The van der Waals surface area contributed by atoms with Crippen molar-refractivity contribution in [2.45, 2.75) is 43.0 Å². The highest BCUT2D eigenvalue weighted by molar-refractivity contribution is 7.89. The summed E-state index contributed by atoms with van der Waals surface area (Å²) in [5.74, 6) is -0.684. The van der Waals surface area contributed by atoms with E-state index < -0.39 is 15.9 Å². The standard InChI is InChI=1S/C20H25N3O4S2/c1-21-19(25)17-12-13-28-20(17)22-18(24)14-8-10-16(11-9-14)29(26,27)23(2)15-6-4-3-5-7-15/h8-13,15H,3-7H2,1-2H3,(H,21,25)(H,22,24). The highest BCUT2D eigenvalue weighted by Crippen LogP contribution is 2.27. The van der Waals surface area contributed by atoms with Gasteiger partial charge < -0.3 is 10.6 Å². The zero-order valence-electron chi connectivity index (χ0n) is 16.5. The van der Waals surface area contributed by atoms with E-state index in [1.807, 2.05) is 0 Å². The summed E-state index contributed by atoms with van der Waals surface area (Å²) in [6, 6.07) is 7.55. The Hall–Kier alpha value is -2.23. The molecule has 7 nitrogen and oxygen atoms in total. The van der Waals surface area contributed by atoms with Crippen molar-refractivity contribution in [1.29, 1.82) is 0 Å². The minimum absolute atomic E-state index is 0.0266. The van der Waals surface area contributed by atoms with Gasteiger partial charge in [-0.2, -0.15) is 4.31 Å². The SMILES string of the molecule is CNC(=O)c1ccsc1NC(=O)c1ccc(S(=O)(=O)N(C)C2CCCCC2)cc1. The first-order chi connectivity index (χ1) is 13.8. The molecule has 1 aromatic heterocycles. The van der Waals surface area contributed by atoms with Crippen LogP contribution in [0.15, 0.2) is 40.6 Å². The number of carbonyl (C=O) groups is 2. The molecule has 1 aliphatic rings. The Labute approximate surface area is 175 Å². The molecule has 9 heteroatoms. The first kappa shape index (κ1) is 21.5. The van der Waals surface area contributed by atoms with Crippen LogP contribution in [0.1, 0.15) is 52.8 Å². The molecule has 3 rings (SSSR count). The first-order valence-corrected chi connectivity index (χ1v) is 11.9. The number of rotatable bonds is 6. The molecule has 0 saturated heterocycles. The van der Waals surface area contributed by atoms with Gasteiger partial charge in [-0.15, -0.1) is 11.3 Å². The molecule has 2 N–H and O–H groups in total. The van der Waals surface area contributed by atoms with Crippen molar-refractivity contribution >= 4 is 38.2 Å². The predicted molar refractivity (Wildman–Crippen MR) is 114 cm³/mol. The molecule has 0 radical (unpaired) electrons. The van der Waals surface area contributed by atoms with Gasteiger partial charge in [0, 0.05) is 25.7 Å². The lowest BCUT2D eigenvalue weighted by Gasteiger charge is -2.30. The fourth-order valence-corrected chi connectivity index (χ4v) is 5.68. The minimum atomic E-state index is -3.60. The normalized spacial score (nSPS) is 15.3. The van der Waals surface area contributed by atoms with E-state index in [0.29, 0.717) is 16.1 Å². The van der Waals surface area contributed by atoms with E-state index in [4.69, 9.17) is 0 Å². The monoisotopic (exact) mass is 435 g/mol. The molecule has 1 fully saturated rings. The van der Waals surface area contributed by atoms with Crippen LogP contribution in [0.3, 0.4) is 0 Å². The molecule has 0 atom stereocenters. The van der Waals surface area contributed by atoms with Crippen molar-refractivity contribution in [3.05, 3.63) is 46.8 Å². The van der Waals surface area contributed by atoms with Crippen LogP contribution >= 0.6 is 11.3 Å². The number of sulfonamides is 1. The van der Waals surface area contributed by atoms with E-state index in [-0.39, 0.29) is 16.8 Å². The summed E-state index contributed by atoms with van der Waals surface area (Å²) < 4.78 is 27.3. The molecular weight excluding hydrogens is 410 g/mol. The van der Waals surface area contributed by atoms with Gasteiger partial charge in [0.1, 0.15) is 5.00 Å². The van der Waals surface area contributed by atoms with E-state index in [0.717, 1.165) is 32.1 Å². The van der Waals surface area contributed by atoms with Gasteiger partial charge in [-0.3, -0.25) is 9.59 Å².